The van der Waals surface area contributed by atoms with Crippen LogP contribution in [0.15, 0.2) is 48.5 Å². The summed E-state index contributed by atoms with van der Waals surface area (Å²) in [6, 6.07) is 15.8. The summed E-state index contributed by atoms with van der Waals surface area (Å²) >= 11 is 11.9. The van der Waals surface area contributed by atoms with Gasteiger partial charge in [-0.15, -0.1) is 0 Å². The van der Waals surface area contributed by atoms with E-state index in [9.17, 15) is 0 Å². The molecule has 3 rings (SSSR count). The molecule has 1 fully saturated rings. The Labute approximate surface area is 159 Å². The zero-order chi connectivity index (χ0) is 17.6. The Balaban J connectivity index is 1.63. The molecular formula is C19H22ClN3OS. The van der Waals surface area contributed by atoms with E-state index in [-0.39, 0.29) is 0 Å². The molecule has 0 amide bonds. The number of thiocarbonyl (C=S) groups is 1. The number of nitrogens with zero attached hydrogens (tertiary/aromatic N) is 2. The summed E-state index contributed by atoms with van der Waals surface area (Å²) in [6.45, 7) is 3.60. The smallest absolute Gasteiger partial charge is 0.174 e. The predicted molar refractivity (Wildman–Crippen MR) is 107 cm³/mol. The van der Waals surface area contributed by atoms with Crippen molar-refractivity contribution < 1.29 is 4.74 Å². The lowest BCUT2D eigenvalue weighted by Gasteiger charge is -2.37. The summed E-state index contributed by atoms with van der Waals surface area (Å²) in [4.78, 5) is 4.54. The fourth-order valence-electron chi connectivity index (χ4n) is 2.97. The molecule has 1 N–H and O–H groups in total. The van der Waals surface area contributed by atoms with Crippen LogP contribution in [0, 0.1) is 0 Å². The Morgan fingerprint density at radius 2 is 1.92 bits per heavy atom. The number of nitrogens with one attached hydrogen (secondary N) is 1. The van der Waals surface area contributed by atoms with E-state index < -0.39 is 0 Å². The van der Waals surface area contributed by atoms with Gasteiger partial charge in [-0.05, 0) is 42.4 Å². The average Bonchev–Trinajstić information content (AvgIpc) is 2.64. The van der Waals surface area contributed by atoms with Crippen LogP contribution in [0.4, 0.5) is 5.69 Å². The Hall–Kier alpha value is -1.82. The average molecular weight is 376 g/mol. The Kier molecular flexibility index (Phi) is 6.13. The van der Waals surface area contributed by atoms with Gasteiger partial charge >= 0.3 is 0 Å². The van der Waals surface area contributed by atoms with E-state index in [1.165, 1.54) is 0 Å². The van der Waals surface area contributed by atoms with Crippen molar-refractivity contribution in [2.45, 2.75) is 13.0 Å². The highest BCUT2D eigenvalue weighted by Crippen LogP contribution is 2.24. The molecule has 6 heteroatoms. The molecule has 1 aliphatic heterocycles. The molecule has 2 aromatic rings. The third-order valence-corrected chi connectivity index (χ3v) is 4.99. The highest BCUT2D eigenvalue weighted by atomic mass is 35.5. The van der Waals surface area contributed by atoms with Crippen LogP contribution in [0.5, 0.6) is 5.75 Å². The first-order valence-electron chi connectivity index (χ1n) is 8.32. The third kappa shape index (κ3) is 4.63. The van der Waals surface area contributed by atoms with Gasteiger partial charge in [0.25, 0.3) is 0 Å². The zero-order valence-corrected chi connectivity index (χ0v) is 15.8. The number of hydrogen-bond acceptors (Lipinski definition) is 3. The van der Waals surface area contributed by atoms with Crippen LogP contribution in [-0.4, -0.2) is 41.8 Å². The van der Waals surface area contributed by atoms with Gasteiger partial charge in [-0.1, -0.05) is 41.9 Å². The van der Waals surface area contributed by atoms with Crippen molar-refractivity contribution in [3.8, 4) is 5.75 Å². The number of anilines is 1. The van der Waals surface area contributed by atoms with Crippen molar-refractivity contribution in [2.24, 2.45) is 0 Å². The van der Waals surface area contributed by atoms with Gasteiger partial charge in [0.1, 0.15) is 5.75 Å². The van der Waals surface area contributed by atoms with Gasteiger partial charge < -0.3 is 15.0 Å². The maximum absolute atomic E-state index is 6.29. The molecule has 2 aromatic carbocycles. The Morgan fingerprint density at radius 3 is 2.72 bits per heavy atom. The SMILES string of the molecule is COc1ccccc1NC(=S)N1CCCN(Cc2ccccc2Cl)C1. The minimum atomic E-state index is 0.716. The van der Waals surface area contributed by atoms with Crippen molar-refractivity contribution in [1.29, 1.82) is 0 Å². The normalized spacial score (nSPS) is 15.0. The lowest BCUT2D eigenvalue weighted by Crippen LogP contribution is -2.48. The molecule has 132 valence electrons. The molecule has 0 atom stereocenters. The number of ether oxygens (including phenoxy) is 1. The summed E-state index contributed by atoms with van der Waals surface area (Å²) in [6.07, 6.45) is 1.07. The number of halogens is 1. The number of para-hydroxylation sites is 2. The quantitative estimate of drug-likeness (QED) is 0.808. The molecule has 25 heavy (non-hydrogen) atoms. The molecule has 4 nitrogen and oxygen atoms in total. The maximum atomic E-state index is 6.29. The summed E-state index contributed by atoms with van der Waals surface area (Å²) in [7, 11) is 1.66. The summed E-state index contributed by atoms with van der Waals surface area (Å²) < 4.78 is 5.38. The van der Waals surface area contributed by atoms with Crippen molar-refractivity contribution in [3.63, 3.8) is 0 Å². The number of benzene rings is 2. The standard InChI is InChI=1S/C19H22ClN3OS/c1-24-18-10-5-4-9-17(18)21-19(25)23-12-6-11-22(14-23)13-15-7-2-3-8-16(15)20/h2-5,7-10H,6,11-14H2,1H3,(H,21,25). The van der Waals surface area contributed by atoms with Crippen molar-refractivity contribution in [3.05, 3.63) is 59.1 Å². The largest absolute Gasteiger partial charge is 0.495 e. The van der Waals surface area contributed by atoms with Gasteiger partial charge in [-0.25, -0.2) is 0 Å². The van der Waals surface area contributed by atoms with Crippen molar-refractivity contribution >= 4 is 34.6 Å². The van der Waals surface area contributed by atoms with E-state index in [2.05, 4.69) is 21.2 Å². The highest BCUT2D eigenvalue weighted by Gasteiger charge is 2.20. The highest BCUT2D eigenvalue weighted by molar-refractivity contribution is 7.80. The second kappa shape index (κ2) is 8.52. The molecule has 0 aliphatic carbocycles. The van der Waals surface area contributed by atoms with E-state index in [0.717, 1.165) is 54.7 Å². The molecule has 1 aliphatic rings. The molecule has 0 radical (unpaired) electrons. The first kappa shape index (κ1) is 18.0. The topological polar surface area (TPSA) is 27.7 Å². The zero-order valence-electron chi connectivity index (χ0n) is 14.2. The van der Waals surface area contributed by atoms with Gasteiger partial charge in [0.05, 0.1) is 19.5 Å². The Morgan fingerprint density at radius 1 is 1.16 bits per heavy atom. The molecule has 0 bridgehead atoms. The first-order valence-corrected chi connectivity index (χ1v) is 9.10. The molecule has 0 spiro atoms. The van der Waals surface area contributed by atoms with Gasteiger partial charge in [0.15, 0.2) is 5.11 Å². The number of methoxy groups -OCH3 is 1. The molecule has 0 unspecified atom stereocenters. The van der Waals surface area contributed by atoms with E-state index in [4.69, 9.17) is 28.6 Å². The van der Waals surface area contributed by atoms with Gasteiger partial charge in [0, 0.05) is 24.7 Å². The van der Waals surface area contributed by atoms with Crippen LogP contribution < -0.4 is 10.1 Å². The number of hydrogen-bond donors (Lipinski definition) is 1. The minimum Gasteiger partial charge on any atom is -0.495 e. The van der Waals surface area contributed by atoms with Crippen LogP contribution in [-0.2, 0) is 6.54 Å². The third-order valence-electron chi connectivity index (χ3n) is 4.26. The minimum absolute atomic E-state index is 0.716. The lowest BCUT2D eigenvalue weighted by molar-refractivity contribution is 0.134. The van der Waals surface area contributed by atoms with E-state index in [1.54, 1.807) is 7.11 Å². The van der Waals surface area contributed by atoms with Crippen LogP contribution in [0.25, 0.3) is 0 Å². The fourth-order valence-corrected chi connectivity index (χ4v) is 3.43. The van der Waals surface area contributed by atoms with Crippen molar-refractivity contribution in [2.75, 3.05) is 32.2 Å². The summed E-state index contributed by atoms with van der Waals surface area (Å²) in [5, 5.41) is 4.84. The summed E-state index contributed by atoms with van der Waals surface area (Å²) in [5.74, 6) is 0.787. The van der Waals surface area contributed by atoms with Crippen molar-refractivity contribution in [1.82, 2.24) is 9.80 Å². The molecule has 1 heterocycles. The van der Waals surface area contributed by atoms with Crippen LogP contribution >= 0.6 is 23.8 Å². The van der Waals surface area contributed by atoms with Gasteiger partial charge in [-0.3, -0.25) is 4.90 Å². The van der Waals surface area contributed by atoms with E-state index >= 15 is 0 Å². The first-order chi connectivity index (χ1) is 12.2. The van der Waals surface area contributed by atoms with Crippen LogP contribution in [0.2, 0.25) is 5.02 Å². The van der Waals surface area contributed by atoms with Gasteiger partial charge in [-0.2, -0.15) is 0 Å². The second-order valence-electron chi connectivity index (χ2n) is 6.03. The second-order valence-corrected chi connectivity index (χ2v) is 6.83. The van der Waals surface area contributed by atoms with E-state index in [1.807, 2.05) is 42.5 Å². The van der Waals surface area contributed by atoms with Crippen LogP contribution in [0.1, 0.15) is 12.0 Å². The molecular weight excluding hydrogens is 354 g/mol. The molecule has 0 aromatic heterocycles. The molecule has 0 saturated carbocycles. The van der Waals surface area contributed by atoms with E-state index in [0.29, 0.717) is 5.11 Å². The van der Waals surface area contributed by atoms with Crippen LogP contribution in [0.3, 0.4) is 0 Å². The molecule has 1 saturated heterocycles. The van der Waals surface area contributed by atoms with Gasteiger partial charge in [0.2, 0.25) is 0 Å². The summed E-state index contributed by atoms with van der Waals surface area (Å²) in [5.41, 5.74) is 2.04. The monoisotopic (exact) mass is 375 g/mol. The maximum Gasteiger partial charge on any atom is 0.174 e. The number of rotatable bonds is 4. The fraction of sp³-hybridized carbons (Fsp3) is 0.316. The Bertz CT molecular complexity index is 740. The predicted octanol–water partition coefficient (Wildman–Crippen LogP) is 4.21. The lowest BCUT2D eigenvalue weighted by atomic mass is 10.2.